The topological polar surface area (TPSA) is 106 Å². The highest BCUT2D eigenvalue weighted by Crippen LogP contribution is 2.19. The Morgan fingerprint density at radius 1 is 1.64 bits per heavy atom. The zero-order valence-electron chi connectivity index (χ0n) is 6.03. The van der Waals surface area contributed by atoms with Crippen LogP contribution in [-0.2, 0) is 9.59 Å². The molecule has 0 aromatic carbocycles. The standard InChI is InChI=1S/C5H10N2O3S/c1-11-5(7,4(9)10)2-3(6)8/h2,7H2,1H3,(H2,6,8)(H,9,10). The molecule has 0 aromatic rings. The second-order valence-corrected chi connectivity index (χ2v) is 3.18. The van der Waals surface area contributed by atoms with Gasteiger partial charge in [-0.15, -0.1) is 11.8 Å². The number of carbonyl (C=O) groups excluding carboxylic acids is 1. The van der Waals surface area contributed by atoms with Crippen molar-refractivity contribution in [1.82, 2.24) is 0 Å². The fourth-order valence-electron chi connectivity index (χ4n) is 0.494. The Bertz CT molecular complexity index is 185. The predicted octanol–water partition coefficient (Wildman–Crippen LogP) is -1.04. The highest BCUT2D eigenvalue weighted by atomic mass is 32.2. The van der Waals surface area contributed by atoms with Gasteiger partial charge in [-0.25, -0.2) is 4.79 Å². The van der Waals surface area contributed by atoms with E-state index in [4.69, 9.17) is 16.6 Å². The lowest BCUT2D eigenvalue weighted by Crippen LogP contribution is -2.47. The molecule has 0 rings (SSSR count). The zero-order valence-corrected chi connectivity index (χ0v) is 6.85. The van der Waals surface area contributed by atoms with Crippen LogP contribution in [0, 0.1) is 0 Å². The van der Waals surface area contributed by atoms with Crippen LogP contribution in [0.4, 0.5) is 0 Å². The molecule has 11 heavy (non-hydrogen) atoms. The van der Waals surface area contributed by atoms with Gasteiger partial charge in [0, 0.05) is 0 Å². The second kappa shape index (κ2) is 3.59. The van der Waals surface area contributed by atoms with Crippen LogP contribution in [0.15, 0.2) is 0 Å². The highest BCUT2D eigenvalue weighted by Gasteiger charge is 2.34. The summed E-state index contributed by atoms with van der Waals surface area (Å²) in [5.74, 6) is -1.95. The molecule has 0 spiro atoms. The summed E-state index contributed by atoms with van der Waals surface area (Å²) in [5.41, 5.74) is 10.1. The smallest absolute Gasteiger partial charge is 0.334 e. The lowest BCUT2D eigenvalue weighted by Gasteiger charge is -2.19. The molecule has 1 unspecified atom stereocenters. The quantitative estimate of drug-likeness (QED) is 0.477. The van der Waals surface area contributed by atoms with Crippen molar-refractivity contribution in [3.63, 3.8) is 0 Å². The molecule has 5 N–H and O–H groups in total. The third kappa shape index (κ3) is 2.77. The Morgan fingerprint density at radius 3 is 2.18 bits per heavy atom. The number of nitrogens with two attached hydrogens (primary N) is 2. The fourth-order valence-corrected chi connectivity index (χ4v) is 0.955. The Kier molecular flexibility index (Phi) is 3.34. The molecule has 0 radical (unpaired) electrons. The van der Waals surface area contributed by atoms with Crippen molar-refractivity contribution >= 4 is 23.6 Å². The number of hydrogen-bond donors (Lipinski definition) is 3. The van der Waals surface area contributed by atoms with Crippen LogP contribution in [0.25, 0.3) is 0 Å². The minimum Gasteiger partial charge on any atom is -0.479 e. The van der Waals surface area contributed by atoms with Crippen LogP contribution in [0.2, 0.25) is 0 Å². The summed E-state index contributed by atoms with van der Waals surface area (Å²) in [6.45, 7) is 0. The van der Waals surface area contributed by atoms with Crippen molar-refractivity contribution in [2.75, 3.05) is 6.26 Å². The van der Waals surface area contributed by atoms with Gasteiger partial charge in [-0.2, -0.15) is 0 Å². The molecule has 0 aliphatic rings. The molecule has 0 bridgehead atoms. The van der Waals surface area contributed by atoms with Gasteiger partial charge in [0.15, 0.2) is 4.87 Å². The van der Waals surface area contributed by atoms with E-state index >= 15 is 0 Å². The van der Waals surface area contributed by atoms with Gasteiger partial charge in [0.1, 0.15) is 0 Å². The lowest BCUT2D eigenvalue weighted by molar-refractivity contribution is -0.141. The first-order valence-corrected chi connectivity index (χ1v) is 4.00. The Balaban J connectivity index is 4.34. The largest absolute Gasteiger partial charge is 0.479 e. The van der Waals surface area contributed by atoms with E-state index in [1.807, 2.05) is 0 Å². The van der Waals surface area contributed by atoms with Gasteiger partial charge in [0.05, 0.1) is 6.42 Å². The first-order chi connectivity index (χ1) is 4.92. The van der Waals surface area contributed by atoms with E-state index in [1.165, 1.54) is 6.26 Å². The normalized spacial score (nSPS) is 15.5. The highest BCUT2D eigenvalue weighted by molar-refractivity contribution is 8.00. The Hall–Kier alpha value is -0.750. The van der Waals surface area contributed by atoms with Crippen LogP contribution >= 0.6 is 11.8 Å². The number of amides is 1. The van der Waals surface area contributed by atoms with Crippen molar-refractivity contribution in [2.45, 2.75) is 11.3 Å². The van der Waals surface area contributed by atoms with E-state index in [2.05, 4.69) is 0 Å². The number of aliphatic carboxylic acids is 1. The molecule has 1 amide bonds. The zero-order chi connectivity index (χ0) is 9.07. The third-order valence-electron chi connectivity index (χ3n) is 1.16. The molecule has 5 nitrogen and oxygen atoms in total. The maximum Gasteiger partial charge on any atom is 0.334 e. The molecule has 6 heteroatoms. The first kappa shape index (κ1) is 10.2. The van der Waals surface area contributed by atoms with E-state index in [9.17, 15) is 9.59 Å². The molecule has 0 saturated carbocycles. The molecule has 1 atom stereocenters. The molecule has 0 aliphatic heterocycles. The van der Waals surface area contributed by atoms with Gasteiger partial charge in [-0.3, -0.25) is 4.79 Å². The van der Waals surface area contributed by atoms with E-state index in [0.717, 1.165) is 11.8 Å². The summed E-state index contributed by atoms with van der Waals surface area (Å²) in [4.78, 5) is 19.2. The van der Waals surface area contributed by atoms with Crippen LogP contribution in [0.1, 0.15) is 6.42 Å². The molecule has 64 valence electrons. The monoisotopic (exact) mass is 178 g/mol. The number of carboxylic acid groups (broad SMARTS) is 1. The molecular formula is C5H10N2O3S. The van der Waals surface area contributed by atoms with Crippen molar-refractivity contribution in [1.29, 1.82) is 0 Å². The molecule has 0 saturated heterocycles. The van der Waals surface area contributed by atoms with Crippen molar-refractivity contribution in [2.24, 2.45) is 11.5 Å². The van der Waals surface area contributed by atoms with Crippen LogP contribution in [0.5, 0.6) is 0 Å². The first-order valence-electron chi connectivity index (χ1n) is 2.78. The minimum atomic E-state index is -1.58. The average molecular weight is 178 g/mol. The predicted molar refractivity (Wildman–Crippen MR) is 41.9 cm³/mol. The van der Waals surface area contributed by atoms with Crippen LogP contribution in [-0.4, -0.2) is 28.1 Å². The minimum absolute atomic E-state index is 0.358. The van der Waals surface area contributed by atoms with Gasteiger partial charge in [-0.1, -0.05) is 0 Å². The maximum atomic E-state index is 10.4. The number of rotatable bonds is 4. The van der Waals surface area contributed by atoms with Gasteiger partial charge >= 0.3 is 5.97 Å². The Labute approximate surface area is 68.1 Å². The number of primary amides is 1. The summed E-state index contributed by atoms with van der Waals surface area (Å²) in [6, 6.07) is 0. The number of carbonyl (C=O) groups is 2. The number of hydrogen-bond acceptors (Lipinski definition) is 4. The Morgan fingerprint density at radius 2 is 2.09 bits per heavy atom. The molecule has 0 heterocycles. The summed E-state index contributed by atoms with van der Waals surface area (Å²) in [5, 5.41) is 8.53. The molecule has 0 aliphatic carbocycles. The summed E-state index contributed by atoms with van der Waals surface area (Å²) < 4.78 is 0. The van der Waals surface area contributed by atoms with E-state index < -0.39 is 16.7 Å². The van der Waals surface area contributed by atoms with Crippen molar-refractivity contribution < 1.29 is 14.7 Å². The van der Waals surface area contributed by atoms with Gasteiger partial charge in [0.2, 0.25) is 5.91 Å². The van der Waals surface area contributed by atoms with Crippen LogP contribution < -0.4 is 11.5 Å². The number of thioether (sulfide) groups is 1. The summed E-state index contributed by atoms with van der Waals surface area (Å²) >= 11 is 0.886. The van der Waals surface area contributed by atoms with Gasteiger partial charge in [-0.05, 0) is 6.26 Å². The number of carboxylic acids is 1. The average Bonchev–Trinajstić information content (AvgIpc) is 1.86. The van der Waals surface area contributed by atoms with Crippen LogP contribution in [0.3, 0.4) is 0 Å². The fraction of sp³-hybridized carbons (Fsp3) is 0.600. The van der Waals surface area contributed by atoms with E-state index in [-0.39, 0.29) is 6.42 Å². The summed E-state index contributed by atoms with van der Waals surface area (Å²) in [7, 11) is 0. The van der Waals surface area contributed by atoms with Crippen molar-refractivity contribution in [3.05, 3.63) is 0 Å². The van der Waals surface area contributed by atoms with Gasteiger partial charge < -0.3 is 16.6 Å². The lowest BCUT2D eigenvalue weighted by atomic mass is 10.2. The van der Waals surface area contributed by atoms with E-state index in [1.54, 1.807) is 0 Å². The second-order valence-electron chi connectivity index (χ2n) is 2.04. The summed E-state index contributed by atoms with van der Waals surface area (Å²) in [6.07, 6.45) is 1.15. The van der Waals surface area contributed by atoms with Gasteiger partial charge in [0.25, 0.3) is 0 Å². The third-order valence-corrected chi connectivity index (χ3v) is 2.21. The SMILES string of the molecule is CSC(N)(CC(N)=O)C(=O)O. The molecule has 0 fully saturated rings. The van der Waals surface area contributed by atoms with Crippen molar-refractivity contribution in [3.8, 4) is 0 Å². The molecular weight excluding hydrogens is 168 g/mol. The maximum absolute atomic E-state index is 10.4. The van der Waals surface area contributed by atoms with E-state index in [0.29, 0.717) is 0 Å². The molecule has 0 aromatic heterocycles.